The van der Waals surface area contributed by atoms with Crippen molar-refractivity contribution in [2.45, 2.75) is 63.2 Å². The Bertz CT molecular complexity index is 836. The predicted octanol–water partition coefficient (Wildman–Crippen LogP) is 2.10. The molecule has 0 bridgehead atoms. The molecular weight excluding hydrogens is 387 g/mol. The third-order valence-electron chi connectivity index (χ3n) is 4.38. The molecule has 0 spiro atoms. The van der Waals surface area contributed by atoms with Crippen molar-refractivity contribution in [2.24, 2.45) is 0 Å². The number of ether oxygens (including phenoxy) is 1. The number of unbranched alkanes of at least 4 members (excludes halogenated alkanes) is 6. The molecule has 2 aromatic rings. The third-order valence-corrected chi connectivity index (χ3v) is 5.22. The molecule has 2 aromatic carbocycles. The van der Waals surface area contributed by atoms with Crippen LogP contribution in [0, 0.1) is 0 Å². The molecule has 0 aromatic heterocycles. The van der Waals surface area contributed by atoms with Crippen molar-refractivity contribution in [2.75, 3.05) is 0 Å². The molecule has 0 saturated heterocycles. The van der Waals surface area contributed by atoms with Crippen LogP contribution < -0.4 is 39.4 Å². The Morgan fingerprint density at radius 1 is 0.964 bits per heavy atom. The summed E-state index contributed by atoms with van der Waals surface area (Å²) in [6.07, 6.45) is 8.79. The fourth-order valence-electron chi connectivity index (χ4n) is 2.93. The van der Waals surface area contributed by atoms with Gasteiger partial charge in [0, 0.05) is 6.07 Å². The molecule has 1 N–H and O–H groups in total. The summed E-state index contributed by atoms with van der Waals surface area (Å²) in [6.45, 7) is 2.19. The maximum atomic E-state index is 11.8. The zero-order valence-corrected chi connectivity index (χ0v) is 19.5. The fraction of sp³-hybridized carbons (Fsp3) is 0.429. The smallest absolute Gasteiger partial charge is 0.870 e. The Morgan fingerprint density at radius 2 is 1.61 bits per heavy atom. The quantitative estimate of drug-likeness (QED) is 0.346. The molecule has 7 heteroatoms. The van der Waals surface area contributed by atoms with Gasteiger partial charge in [0.25, 0.3) is 10.1 Å². The summed E-state index contributed by atoms with van der Waals surface area (Å²) in [5.74, 6) is 0.0571. The van der Waals surface area contributed by atoms with Crippen LogP contribution in [-0.2, 0) is 16.5 Å². The van der Waals surface area contributed by atoms with Crippen LogP contribution in [0.4, 0.5) is 0 Å². The van der Waals surface area contributed by atoms with E-state index in [0.29, 0.717) is 6.42 Å². The van der Waals surface area contributed by atoms with Gasteiger partial charge in [0.15, 0.2) is 0 Å². The van der Waals surface area contributed by atoms with Crippen molar-refractivity contribution in [3.05, 3.63) is 48.0 Å². The topological polar surface area (TPSA) is 86.7 Å². The van der Waals surface area contributed by atoms with Gasteiger partial charge in [-0.25, -0.2) is 0 Å². The normalized spacial score (nSPS) is 11.1. The van der Waals surface area contributed by atoms with E-state index in [1.807, 2.05) is 0 Å². The third kappa shape index (κ3) is 8.53. The monoisotopic (exact) mass is 414 g/mol. The fourth-order valence-corrected chi connectivity index (χ4v) is 3.50. The summed E-state index contributed by atoms with van der Waals surface area (Å²) < 4.78 is 38.1. The maximum absolute atomic E-state index is 11.8. The first-order chi connectivity index (χ1) is 12.9. The molecule has 5 nitrogen and oxygen atoms in total. The van der Waals surface area contributed by atoms with E-state index in [2.05, 4.69) is 6.92 Å². The first-order valence-electron chi connectivity index (χ1n) is 9.45. The van der Waals surface area contributed by atoms with Crippen molar-refractivity contribution in [3.8, 4) is 17.2 Å². The van der Waals surface area contributed by atoms with E-state index >= 15 is 0 Å². The molecule has 0 saturated carbocycles. The van der Waals surface area contributed by atoms with Gasteiger partial charge >= 0.3 is 29.6 Å². The van der Waals surface area contributed by atoms with Gasteiger partial charge in [-0.3, -0.25) is 4.55 Å². The van der Waals surface area contributed by atoms with Crippen LogP contribution >= 0.6 is 0 Å². The minimum atomic E-state index is -4.35. The molecule has 0 amide bonds. The molecule has 0 unspecified atom stereocenters. The van der Waals surface area contributed by atoms with Crippen LogP contribution in [0.2, 0.25) is 0 Å². The molecular formula is C21H27NaO5S. The number of hydrogen-bond acceptors (Lipinski definition) is 4. The van der Waals surface area contributed by atoms with Crippen LogP contribution in [0.5, 0.6) is 17.2 Å². The van der Waals surface area contributed by atoms with E-state index in [1.54, 1.807) is 18.2 Å². The van der Waals surface area contributed by atoms with E-state index in [9.17, 15) is 18.1 Å². The minimum absolute atomic E-state index is 0. The van der Waals surface area contributed by atoms with Crippen molar-refractivity contribution in [1.29, 1.82) is 0 Å². The summed E-state index contributed by atoms with van der Waals surface area (Å²) in [4.78, 5) is -0.221. The van der Waals surface area contributed by atoms with E-state index < -0.39 is 10.1 Å². The zero-order chi connectivity index (χ0) is 19.7. The second-order valence-corrected chi connectivity index (χ2v) is 8.13. The van der Waals surface area contributed by atoms with E-state index in [1.165, 1.54) is 49.9 Å². The van der Waals surface area contributed by atoms with Gasteiger partial charge in [-0.05, 0) is 36.6 Å². The van der Waals surface area contributed by atoms with Crippen molar-refractivity contribution in [3.63, 3.8) is 0 Å². The summed E-state index contributed by atoms with van der Waals surface area (Å²) in [6, 6.07) is 10.6. The summed E-state index contributed by atoms with van der Waals surface area (Å²) in [7, 11) is -4.35. The molecule has 0 atom stereocenters. The Hall–Kier alpha value is -1.05. The van der Waals surface area contributed by atoms with Crippen LogP contribution in [0.1, 0.15) is 57.4 Å². The number of hydrogen-bond donors (Lipinski definition) is 1. The van der Waals surface area contributed by atoms with Gasteiger partial charge in [-0.2, -0.15) is 8.42 Å². The summed E-state index contributed by atoms with van der Waals surface area (Å²) in [5.41, 5.74) is 0.761. The largest absolute Gasteiger partial charge is 1.00 e. The molecule has 0 fully saturated rings. The molecule has 0 aliphatic rings. The standard InChI is InChI=1S/C21H28O5S.Na/c1-2-3-4-5-6-7-8-11-17-14-18(16-19(15-17)27(23,24)25)26-21-13-10-9-12-20(21)22;/h9-10,12-16,22H,2-8,11H2,1H3,(H,23,24,25);/q;+1/p-1. The zero-order valence-electron chi connectivity index (χ0n) is 16.7. The summed E-state index contributed by atoms with van der Waals surface area (Å²) in [5, 5.41) is 11.8. The molecule has 0 radical (unpaired) electrons. The molecule has 0 aliphatic carbocycles. The predicted molar refractivity (Wildman–Crippen MR) is 104 cm³/mol. The van der Waals surface area contributed by atoms with Crippen LogP contribution in [0.25, 0.3) is 0 Å². The average Bonchev–Trinajstić information content (AvgIpc) is 2.62. The second-order valence-electron chi connectivity index (χ2n) is 6.71. The molecule has 28 heavy (non-hydrogen) atoms. The Morgan fingerprint density at radius 3 is 2.25 bits per heavy atom. The van der Waals surface area contributed by atoms with E-state index in [0.717, 1.165) is 24.8 Å². The number of aryl methyl sites for hydroxylation is 1. The minimum Gasteiger partial charge on any atom is -0.870 e. The van der Waals surface area contributed by atoms with Gasteiger partial charge in [0.2, 0.25) is 0 Å². The van der Waals surface area contributed by atoms with Crippen LogP contribution in [-0.4, -0.2) is 13.0 Å². The van der Waals surface area contributed by atoms with Gasteiger partial charge in [0.05, 0.1) is 4.90 Å². The van der Waals surface area contributed by atoms with Gasteiger partial charge < -0.3 is 9.84 Å². The maximum Gasteiger partial charge on any atom is 1.00 e. The Labute approximate surface area is 190 Å². The summed E-state index contributed by atoms with van der Waals surface area (Å²) >= 11 is 0. The van der Waals surface area contributed by atoms with Gasteiger partial charge in [-0.1, -0.05) is 69.4 Å². The van der Waals surface area contributed by atoms with Crippen LogP contribution in [0.15, 0.2) is 47.4 Å². The Balaban J connectivity index is 0.00000392. The van der Waals surface area contributed by atoms with Crippen molar-refractivity contribution < 1.29 is 52.4 Å². The van der Waals surface area contributed by atoms with Crippen molar-refractivity contribution in [1.82, 2.24) is 0 Å². The number of benzene rings is 2. The first-order valence-corrected chi connectivity index (χ1v) is 10.9. The first kappa shape index (κ1) is 25.0. The molecule has 0 heterocycles. The Kier molecular flexibility index (Phi) is 11.2. The molecule has 0 aliphatic heterocycles. The van der Waals surface area contributed by atoms with E-state index in [4.69, 9.17) is 4.74 Å². The molecule has 2 rings (SSSR count). The van der Waals surface area contributed by atoms with Gasteiger partial charge in [0.1, 0.15) is 11.5 Å². The van der Waals surface area contributed by atoms with E-state index in [-0.39, 0.29) is 51.7 Å². The number of rotatable bonds is 11. The van der Waals surface area contributed by atoms with Crippen molar-refractivity contribution >= 4 is 10.1 Å². The number of para-hydroxylation sites is 2. The average molecular weight is 414 g/mol. The van der Waals surface area contributed by atoms with Gasteiger partial charge in [-0.15, -0.1) is 0 Å². The second kappa shape index (κ2) is 12.5. The SMILES string of the molecule is CCCCCCCCCc1cc(Oc2ccccc2[O-])cc(S(=O)(=O)O)c1.[Na+]. The van der Waals surface area contributed by atoms with Crippen LogP contribution in [0.3, 0.4) is 0 Å². The molecule has 148 valence electrons.